The number of hydrogen-bond acceptors (Lipinski definition) is 5. The van der Waals surface area contributed by atoms with Crippen molar-refractivity contribution in [1.82, 2.24) is 10.6 Å². The highest BCUT2D eigenvalue weighted by atomic mass is 32.1. The second kappa shape index (κ2) is 8.76. The average molecular weight is 383 g/mol. The van der Waals surface area contributed by atoms with Crippen LogP contribution in [0.25, 0.3) is 5.70 Å². The Kier molecular flexibility index (Phi) is 6.17. The molecule has 1 atom stereocenters. The molecule has 0 saturated carbocycles. The molecule has 2 aromatic rings. The molecule has 140 valence electrons. The van der Waals surface area contributed by atoms with Gasteiger partial charge in [0.15, 0.2) is 0 Å². The van der Waals surface area contributed by atoms with Gasteiger partial charge in [-0.05, 0) is 43.7 Å². The molecular formula is C21H23FN4S. The van der Waals surface area contributed by atoms with E-state index in [1.54, 1.807) is 12.1 Å². The van der Waals surface area contributed by atoms with Crippen LogP contribution in [0.4, 0.5) is 10.1 Å². The molecule has 0 amide bonds. The number of thiophene rings is 1. The van der Waals surface area contributed by atoms with Crippen LogP contribution in [0.2, 0.25) is 0 Å². The summed E-state index contributed by atoms with van der Waals surface area (Å²) >= 11 is 1.51. The predicted molar refractivity (Wildman–Crippen MR) is 112 cm³/mol. The van der Waals surface area contributed by atoms with Gasteiger partial charge in [-0.1, -0.05) is 31.1 Å². The summed E-state index contributed by atoms with van der Waals surface area (Å²) in [4.78, 5) is 1.78. The zero-order valence-corrected chi connectivity index (χ0v) is 15.9. The maximum absolute atomic E-state index is 13.3. The van der Waals surface area contributed by atoms with Crippen molar-refractivity contribution in [1.29, 1.82) is 0 Å². The van der Waals surface area contributed by atoms with E-state index >= 15 is 0 Å². The van der Waals surface area contributed by atoms with Crippen LogP contribution < -0.4 is 21.7 Å². The fraction of sp³-hybridized carbons (Fsp3) is 0.238. The first-order valence-electron chi connectivity index (χ1n) is 8.80. The van der Waals surface area contributed by atoms with Gasteiger partial charge in [-0.25, -0.2) is 4.39 Å². The molecule has 27 heavy (non-hydrogen) atoms. The summed E-state index contributed by atoms with van der Waals surface area (Å²) in [6.07, 6.45) is 2.25. The van der Waals surface area contributed by atoms with Crippen molar-refractivity contribution < 1.29 is 4.39 Å². The number of benzene rings is 1. The third kappa shape index (κ3) is 5.36. The van der Waals surface area contributed by atoms with E-state index in [0.29, 0.717) is 17.4 Å². The summed E-state index contributed by atoms with van der Waals surface area (Å²) in [5, 5.41) is 9.94. The molecule has 6 heteroatoms. The first kappa shape index (κ1) is 19.0. The number of piperidine rings is 1. The molecule has 1 unspecified atom stereocenters. The van der Waals surface area contributed by atoms with Crippen molar-refractivity contribution in [2.75, 3.05) is 18.4 Å². The van der Waals surface area contributed by atoms with Gasteiger partial charge in [-0.15, -0.1) is 11.3 Å². The molecule has 1 saturated heterocycles. The predicted octanol–water partition coefficient (Wildman–Crippen LogP) is 3.44. The van der Waals surface area contributed by atoms with Gasteiger partial charge in [0.1, 0.15) is 5.82 Å². The lowest BCUT2D eigenvalue weighted by Crippen LogP contribution is -2.42. The Labute approximate surface area is 163 Å². The monoisotopic (exact) mass is 382 g/mol. The smallest absolute Gasteiger partial charge is 0.124 e. The third-order valence-electron chi connectivity index (χ3n) is 4.13. The van der Waals surface area contributed by atoms with Crippen LogP contribution in [0.3, 0.4) is 0 Å². The van der Waals surface area contributed by atoms with E-state index < -0.39 is 0 Å². The molecule has 4 nitrogen and oxygen atoms in total. The number of nitrogens with two attached hydrogens (primary N) is 1. The van der Waals surface area contributed by atoms with Gasteiger partial charge in [0.2, 0.25) is 0 Å². The van der Waals surface area contributed by atoms with Crippen molar-refractivity contribution in [2.45, 2.75) is 18.9 Å². The lowest BCUT2D eigenvalue weighted by Gasteiger charge is -2.25. The molecule has 0 spiro atoms. The van der Waals surface area contributed by atoms with Crippen LogP contribution in [-0.4, -0.2) is 19.1 Å². The maximum atomic E-state index is 13.3. The van der Waals surface area contributed by atoms with E-state index in [9.17, 15) is 4.39 Å². The Morgan fingerprint density at radius 3 is 2.85 bits per heavy atom. The maximum Gasteiger partial charge on any atom is 0.124 e. The molecule has 1 aliphatic heterocycles. The van der Waals surface area contributed by atoms with Crippen LogP contribution in [-0.2, 0) is 0 Å². The third-order valence-corrected chi connectivity index (χ3v) is 5.24. The Hall–Kier alpha value is -2.75. The van der Waals surface area contributed by atoms with E-state index in [4.69, 9.17) is 5.73 Å². The minimum absolute atomic E-state index is 0.297. The lowest BCUT2D eigenvalue weighted by molar-refractivity contribution is 0.427. The highest BCUT2D eigenvalue weighted by Crippen LogP contribution is 2.32. The van der Waals surface area contributed by atoms with Crippen molar-refractivity contribution in [3.8, 4) is 11.8 Å². The van der Waals surface area contributed by atoms with Crippen LogP contribution in [0.15, 0.2) is 49.3 Å². The van der Waals surface area contributed by atoms with Gasteiger partial charge in [0.25, 0.3) is 0 Å². The summed E-state index contributed by atoms with van der Waals surface area (Å²) in [5.41, 5.74) is 8.01. The van der Waals surface area contributed by atoms with Gasteiger partial charge in [0.05, 0.1) is 21.3 Å². The topological polar surface area (TPSA) is 62.1 Å². The Bertz CT molecular complexity index is 900. The molecular weight excluding hydrogens is 359 g/mol. The molecule has 5 N–H and O–H groups in total. The van der Waals surface area contributed by atoms with Gasteiger partial charge in [0, 0.05) is 23.8 Å². The lowest BCUT2D eigenvalue weighted by atomic mass is 10.1. The van der Waals surface area contributed by atoms with Gasteiger partial charge >= 0.3 is 0 Å². The highest BCUT2D eigenvalue weighted by molar-refractivity contribution is 7.14. The second-order valence-electron chi connectivity index (χ2n) is 6.43. The number of anilines is 1. The van der Waals surface area contributed by atoms with E-state index in [1.165, 1.54) is 23.5 Å². The van der Waals surface area contributed by atoms with Crippen LogP contribution >= 0.6 is 11.3 Å². The summed E-state index contributed by atoms with van der Waals surface area (Å²) in [7, 11) is 0. The molecule has 1 aliphatic rings. The summed E-state index contributed by atoms with van der Waals surface area (Å²) in [6, 6.07) is 8.51. The van der Waals surface area contributed by atoms with Crippen molar-refractivity contribution in [3.05, 3.63) is 70.4 Å². The summed E-state index contributed by atoms with van der Waals surface area (Å²) in [6.45, 7) is 9.88. The van der Waals surface area contributed by atoms with Crippen LogP contribution in [0, 0.1) is 17.7 Å². The van der Waals surface area contributed by atoms with E-state index in [2.05, 4.69) is 40.9 Å². The minimum atomic E-state index is -0.297. The normalized spacial score (nSPS) is 16.1. The molecule has 0 aliphatic carbocycles. The molecule has 1 aromatic carbocycles. The first-order chi connectivity index (χ1) is 13.0. The number of halogens is 1. The molecule has 0 radical (unpaired) electrons. The number of rotatable bonds is 5. The molecule has 1 fully saturated rings. The number of hydrogen-bond donors (Lipinski definition) is 4. The quantitative estimate of drug-likeness (QED) is 0.599. The van der Waals surface area contributed by atoms with E-state index in [0.717, 1.165) is 47.1 Å². The SMILES string of the molecule is C=C(N)Nc1cc(C#Cc2cccc(F)c2)sc1C(=C)NC1CCCNC1. The van der Waals surface area contributed by atoms with Gasteiger partial charge < -0.3 is 21.7 Å². The van der Waals surface area contributed by atoms with Gasteiger partial charge in [-0.3, -0.25) is 0 Å². The standard InChI is InChI=1S/C21H23FN4S/c1-14(25-18-7-4-10-24-13-18)21-20(26-15(2)23)12-19(27-21)9-8-16-5-3-6-17(22)11-16/h3,5-6,11-12,18,24-26H,1-2,4,7,10,13,23H2. The largest absolute Gasteiger partial charge is 0.386 e. The minimum Gasteiger partial charge on any atom is -0.386 e. The van der Waals surface area contributed by atoms with Gasteiger partial charge in [-0.2, -0.15) is 0 Å². The highest BCUT2D eigenvalue weighted by Gasteiger charge is 2.17. The Morgan fingerprint density at radius 1 is 1.30 bits per heavy atom. The van der Waals surface area contributed by atoms with Crippen LogP contribution in [0.5, 0.6) is 0 Å². The summed E-state index contributed by atoms with van der Waals surface area (Å²) in [5.74, 6) is 6.14. The summed E-state index contributed by atoms with van der Waals surface area (Å²) < 4.78 is 13.3. The molecule has 0 bridgehead atoms. The second-order valence-corrected chi connectivity index (χ2v) is 7.48. The zero-order valence-electron chi connectivity index (χ0n) is 15.1. The molecule has 3 rings (SSSR count). The van der Waals surface area contributed by atoms with Crippen molar-refractivity contribution in [3.63, 3.8) is 0 Å². The average Bonchev–Trinajstić information content (AvgIpc) is 3.03. The fourth-order valence-electron chi connectivity index (χ4n) is 2.93. The van der Waals surface area contributed by atoms with Crippen molar-refractivity contribution >= 4 is 22.7 Å². The van der Waals surface area contributed by atoms with Crippen molar-refractivity contribution in [2.24, 2.45) is 5.73 Å². The number of nitrogens with one attached hydrogen (secondary N) is 3. The Morgan fingerprint density at radius 2 is 2.15 bits per heavy atom. The fourth-order valence-corrected chi connectivity index (χ4v) is 3.83. The zero-order chi connectivity index (χ0) is 19.2. The molecule has 1 aromatic heterocycles. The van der Waals surface area contributed by atoms with E-state index in [1.807, 2.05) is 6.07 Å². The van der Waals surface area contributed by atoms with E-state index in [-0.39, 0.29) is 5.82 Å². The Balaban J connectivity index is 1.82. The van der Waals surface area contributed by atoms with Crippen LogP contribution in [0.1, 0.15) is 28.2 Å². The molecule has 2 heterocycles. The first-order valence-corrected chi connectivity index (χ1v) is 9.62.